The number of hydrogen-bond donors (Lipinski definition) is 2. The van der Waals surface area contributed by atoms with Gasteiger partial charge in [0.05, 0.1) is 18.4 Å². The quantitative estimate of drug-likeness (QED) is 0.420. The van der Waals surface area contributed by atoms with Gasteiger partial charge in [-0.15, -0.1) is 0 Å². The molecule has 41 heavy (non-hydrogen) atoms. The van der Waals surface area contributed by atoms with Gasteiger partial charge in [-0.2, -0.15) is 0 Å². The van der Waals surface area contributed by atoms with Crippen LogP contribution in [0.2, 0.25) is 0 Å². The smallest absolute Gasteiger partial charge is 0.253 e. The number of halogens is 2. The van der Waals surface area contributed by atoms with Crippen LogP contribution in [0.5, 0.6) is 5.75 Å². The molecule has 3 heterocycles. The van der Waals surface area contributed by atoms with E-state index in [9.17, 15) is 4.79 Å². The number of carbonyl (C=O) groups is 1. The van der Waals surface area contributed by atoms with Crippen molar-refractivity contribution in [1.82, 2.24) is 14.9 Å². The molecule has 10 heteroatoms. The summed E-state index contributed by atoms with van der Waals surface area (Å²) in [4.78, 5) is 28.4. The van der Waals surface area contributed by atoms with Crippen LogP contribution in [0.15, 0.2) is 77.6 Å². The maximum atomic E-state index is 15.1. The molecule has 2 aromatic carbocycles. The first kappa shape index (κ1) is 26.9. The van der Waals surface area contributed by atoms with E-state index in [1.165, 1.54) is 13.2 Å². The number of nitrogens with two attached hydrogens (primary N) is 1. The van der Waals surface area contributed by atoms with Gasteiger partial charge in [0, 0.05) is 53.9 Å². The molecular formula is C31H28ClFN6O2. The highest BCUT2D eigenvalue weighted by molar-refractivity contribution is 6.69. The first-order valence-electron chi connectivity index (χ1n) is 13.4. The molecule has 0 spiro atoms. The number of aliphatic imine (C=N–C) groups is 1. The molecule has 1 saturated heterocycles. The molecule has 2 aliphatic heterocycles. The molecule has 208 valence electrons. The largest absolute Gasteiger partial charge is 0.496 e. The minimum absolute atomic E-state index is 0.0223. The number of piperidine rings is 1. The van der Waals surface area contributed by atoms with Crippen LogP contribution in [-0.2, 0) is 6.42 Å². The maximum absolute atomic E-state index is 15.1. The summed E-state index contributed by atoms with van der Waals surface area (Å²) < 4.78 is 20.6. The van der Waals surface area contributed by atoms with Crippen molar-refractivity contribution < 1.29 is 13.9 Å². The highest BCUT2D eigenvalue weighted by Gasteiger charge is 2.28. The lowest BCUT2D eigenvalue weighted by molar-refractivity contribution is 0.0709. The number of nitrogens with one attached hydrogen (secondary N) is 1. The number of hydrogen-bond acceptors (Lipinski definition) is 7. The van der Waals surface area contributed by atoms with Crippen molar-refractivity contribution in [3.63, 3.8) is 0 Å². The van der Waals surface area contributed by atoms with Crippen molar-refractivity contribution in [2.75, 3.05) is 25.5 Å². The van der Waals surface area contributed by atoms with E-state index in [0.717, 1.165) is 36.2 Å². The number of anilines is 2. The van der Waals surface area contributed by atoms with Crippen molar-refractivity contribution in [1.29, 1.82) is 0 Å². The zero-order valence-electron chi connectivity index (χ0n) is 22.4. The standard InChI is InChI=1S/C31H28ClFN6O2/c1-41-26-6-2-5-25(33)28(26)23-14-27(32)35-16-24-22(23)12-9-19-15-36-31(38-29(19)24)37-21-10-7-18(8-11-21)30(40)39-13-3-4-20(34)17-39/h2,5-8,10-12,14-16,20H,3-4,9,13,17,34H2,1H3,(H,36,37,38). The van der Waals surface area contributed by atoms with Gasteiger partial charge in [0.2, 0.25) is 5.95 Å². The summed E-state index contributed by atoms with van der Waals surface area (Å²) in [5, 5.41) is 3.44. The summed E-state index contributed by atoms with van der Waals surface area (Å²) in [6.45, 7) is 1.29. The van der Waals surface area contributed by atoms with E-state index in [-0.39, 0.29) is 17.1 Å². The average Bonchev–Trinajstić information content (AvgIpc) is 3.15. The molecule has 1 amide bonds. The molecule has 1 atom stereocenters. The first-order valence-corrected chi connectivity index (χ1v) is 13.8. The van der Waals surface area contributed by atoms with Gasteiger partial charge in [0.25, 0.3) is 5.91 Å². The van der Waals surface area contributed by atoms with E-state index in [4.69, 9.17) is 27.1 Å². The predicted octanol–water partition coefficient (Wildman–Crippen LogP) is 5.49. The Morgan fingerprint density at radius 3 is 2.78 bits per heavy atom. The van der Waals surface area contributed by atoms with E-state index in [1.807, 2.05) is 23.1 Å². The van der Waals surface area contributed by atoms with Gasteiger partial charge in [-0.3, -0.25) is 4.79 Å². The van der Waals surface area contributed by atoms with Gasteiger partial charge in [-0.25, -0.2) is 19.4 Å². The third-order valence-electron chi connectivity index (χ3n) is 7.40. The number of methoxy groups -OCH3 is 1. The molecule has 6 rings (SSSR count). The number of allylic oxidation sites excluding steroid dienone is 5. The van der Waals surface area contributed by atoms with E-state index in [0.29, 0.717) is 52.6 Å². The summed E-state index contributed by atoms with van der Waals surface area (Å²) in [5.41, 5.74) is 11.3. The second-order valence-electron chi connectivity index (χ2n) is 10.1. The number of fused-ring (bicyclic) bond motifs is 3. The van der Waals surface area contributed by atoms with Gasteiger partial charge < -0.3 is 20.7 Å². The molecule has 3 aliphatic rings. The molecule has 8 nitrogen and oxygen atoms in total. The summed E-state index contributed by atoms with van der Waals surface area (Å²) >= 11 is 6.40. The number of rotatable bonds is 5. The fourth-order valence-corrected chi connectivity index (χ4v) is 5.55. The molecule has 0 saturated carbocycles. The fourth-order valence-electron chi connectivity index (χ4n) is 5.39. The van der Waals surface area contributed by atoms with Crippen LogP contribution in [-0.4, -0.2) is 52.2 Å². The molecule has 1 aliphatic carbocycles. The van der Waals surface area contributed by atoms with E-state index in [1.54, 1.807) is 42.7 Å². The first-order chi connectivity index (χ1) is 19.9. The summed E-state index contributed by atoms with van der Waals surface area (Å²) in [6, 6.07) is 11.9. The van der Waals surface area contributed by atoms with Crippen molar-refractivity contribution in [2.45, 2.75) is 25.3 Å². The molecule has 1 fully saturated rings. The molecule has 1 unspecified atom stereocenters. The zero-order valence-corrected chi connectivity index (χ0v) is 23.2. The van der Waals surface area contributed by atoms with Crippen LogP contribution >= 0.6 is 11.6 Å². The van der Waals surface area contributed by atoms with E-state index < -0.39 is 5.82 Å². The van der Waals surface area contributed by atoms with E-state index in [2.05, 4.69) is 15.3 Å². The Morgan fingerprint density at radius 1 is 1.17 bits per heavy atom. The Hall–Kier alpha value is -4.34. The van der Waals surface area contributed by atoms with Crippen molar-refractivity contribution >= 4 is 45.5 Å². The molecular weight excluding hydrogens is 543 g/mol. The van der Waals surface area contributed by atoms with Crippen LogP contribution in [0, 0.1) is 5.82 Å². The third kappa shape index (κ3) is 5.38. The normalized spacial score (nSPS) is 18.1. The molecule has 3 aromatic rings. The van der Waals surface area contributed by atoms with Crippen LogP contribution in [0.1, 0.15) is 40.0 Å². The molecule has 1 aromatic heterocycles. The highest BCUT2D eigenvalue weighted by atomic mass is 35.5. The van der Waals surface area contributed by atoms with Gasteiger partial charge in [-0.05, 0) is 72.9 Å². The SMILES string of the molecule is COc1cccc(F)c1C1=CC(Cl)=NC=C2C1=CCc1cnc(Nc3ccc(C(=O)N4CCCC(N)C4)cc3)nc12. The number of benzene rings is 2. The lowest BCUT2D eigenvalue weighted by Gasteiger charge is -2.30. The summed E-state index contributed by atoms with van der Waals surface area (Å²) in [6.07, 6.45) is 9.45. The van der Waals surface area contributed by atoms with Crippen molar-refractivity contribution in [2.24, 2.45) is 10.7 Å². The van der Waals surface area contributed by atoms with Crippen LogP contribution in [0.25, 0.3) is 11.1 Å². The Labute approximate surface area is 242 Å². The van der Waals surface area contributed by atoms with Gasteiger partial charge in [0.15, 0.2) is 0 Å². The van der Waals surface area contributed by atoms with Gasteiger partial charge in [-0.1, -0.05) is 23.7 Å². The van der Waals surface area contributed by atoms with Gasteiger partial charge in [0.1, 0.15) is 16.7 Å². The second-order valence-corrected chi connectivity index (χ2v) is 10.5. The van der Waals surface area contributed by atoms with Crippen molar-refractivity contribution in [3.05, 3.63) is 101 Å². The highest BCUT2D eigenvalue weighted by Crippen LogP contribution is 2.43. The Kier molecular flexibility index (Phi) is 7.38. The monoisotopic (exact) mass is 570 g/mol. The Bertz CT molecular complexity index is 1650. The molecule has 0 bridgehead atoms. The average molecular weight is 571 g/mol. The van der Waals surface area contributed by atoms with E-state index >= 15 is 4.39 Å². The van der Waals surface area contributed by atoms with Crippen LogP contribution in [0.4, 0.5) is 16.0 Å². The zero-order chi connectivity index (χ0) is 28.5. The number of nitrogens with zero attached hydrogens (tertiary/aromatic N) is 4. The lowest BCUT2D eigenvalue weighted by Crippen LogP contribution is -2.45. The number of likely N-dealkylation sites (tertiary alicyclic amines) is 1. The summed E-state index contributed by atoms with van der Waals surface area (Å²) in [7, 11) is 1.50. The Morgan fingerprint density at radius 2 is 2.00 bits per heavy atom. The number of aromatic nitrogens is 2. The second kappa shape index (κ2) is 11.3. The topological polar surface area (TPSA) is 106 Å². The third-order valence-corrected chi connectivity index (χ3v) is 7.61. The molecule has 3 N–H and O–H groups in total. The lowest BCUT2D eigenvalue weighted by atomic mass is 9.84. The minimum atomic E-state index is -0.428. The Balaban J connectivity index is 1.27. The molecule has 0 radical (unpaired) electrons. The number of carbonyl (C=O) groups excluding carboxylic acids is 1. The number of ether oxygens (including phenoxy) is 1. The van der Waals surface area contributed by atoms with Crippen LogP contribution < -0.4 is 15.8 Å². The number of amides is 1. The van der Waals surface area contributed by atoms with Crippen LogP contribution in [0.3, 0.4) is 0 Å². The maximum Gasteiger partial charge on any atom is 0.253 e. The predicted molar refractivity (Wildman–Crippen MR) is 159 cm³/mol. The fraction of sp³-hybridized carbons (Fsp3) is 0.226. The summed E-state index contributed by atoms with van der Waals surface area (Å²) in [5.74, 6) is 0.318. The van der Waals surface area contributed by atoms with Crippen molar-refractivity contribution in [3.8, 4) is 5.75 Å². The van der Waals surface area contributed by atoms with Gasteiger partial charge >= 0.3 is 0 Å². The minimum Gasteiger partial charge on any atom is -0.496 e.